The van der Waals surface area contributed by atoms with Gasteiger partial charge in [-0.25, -0.2) is 9.78 Å². The summed E-state index contributed by atoms with van der Waals surface area (Å²) in [5.41, 5.74) is 7.01. The third-order valence-corrected chi connectivity index (χ3v) is 13.5. The minimum atomic E-state index is -0.576. The third-order valence-electron chi connectivity index (χ3n) is 12.8. The normalized spacial score (nSPS) is 20.6. The van der Waals surface area contributed by atoms with Crippen LogP contribution in [0.15, 0.2) is 85.2 Å². The number of fused-ring (bicyclic) bond motifs is 2. The number of rotatable bonds is 7. The molecule has 7 heterocycles. The van der Waals surface area contributed by atoms with Gasteiger partial charge in [0.15, 0.2) is 5.82 Å². The molecule has 15 heteroatoms. The van der Waals surface area contributed by atoms with Gasteiger partial charge in [-0.1, -0.05) is 84.2 Å². The molecule has 0 radical (unpaired) electrons. The van der Waals surface area contributed by atoms with Gasteiger partial charge in [-0.05, 0) is 84.2 Å². The van der Waals surface area contributed by atoms with E-state index < -0.39 is 18.1 Å². The fourth-order valence-corrected chi connectivity index (χ4v) is 10.5. The molecule has 3 saturated heterocycles. The number of cyclic esters (lactones) is 1. The molecule has 318 valence electrons. The Morgan fingerprint density at radius 2 is 1.74 bits per heavy atom. The van der Waals surface area contributed by atoms with Crippen LogP contribution in [0.2, 0.25) is 15.1 Å². The van der Waals surface area contributed by atoms with Gasteiger partial charge in [-0.3, -0.25) is 9.59 Å². The van der Waals surface area contributed by atoms with Crippen molar-refractivity contribution in [1.82, 2.24) is 24.7 Å². The highest BCUT2D eigenvalue weighted by Gasteiger charge is 2.41. The van der Waals surface area contributed by atoms with Gasteiger partial charge < -0.3 is 39.7 Å². The number of ether oxygens (including phenoxy) is 1. The first-order valence-corrected chi connectivity index (χ1v) is 22.2. The van der Waals surface area contributed by atoms with Crippen molar-refractivity contribution in [2.75, 3.05) is 49.5 Å². The second kappa shape index (κ2) is 16.3. The summed E-state index contributed by atoms with van der Waals surface area (Å²) in [6.07, 6.45) is 7.82. The first-order valence-electron chi connectivity index (χ1n) is 21.1. The number of aliphatic hydroxyl groups is 1. The number of β-amino-alcohol motifs (C(OH)–C–C–N with tert-alkyl or cyclic N) is 1. The number of amides is 3. The number of benzene rings is 3. The van der Waals surface area contributed by atoms with Gasteiger partial charge >= 0.3 is 6.09 Å². The minimum Gasteiger partial charge on any atom is -0.449 e. The molecule has 12 nitrogen and oxygen atoms in total. The predicted octanol–water partition coefficient (Wildman–Crippen LogP) is 9.23. The van der Waals surface area contributed by atoms with E-state index >= 15 is 4.79 Å². The Kier molecular flexibility index (Phi) is 10.7. The number of allylic oxidation sites excluding steroid dienone is 2. The summed E-state index contributed by atoms with van der Waals surface area (Å²) in [5, 5.41) is 15.5. The quantitative estimate of drug-likeness (QED) is 0.147. The number of aromatic amines is 1. The number of pyridine rings is 1. The Bertz CT molecular complexity index is 2690. The lowest BCUT2D eigenvalue weighted by molar-refractivity contribution is 0.00587. The summed E-state index contributed by atoms with van der Waals surface area (Å²) in [6.45, 7) is 4.87. The maximum atomic E-state index is 15.3. The summed E-state index contributed by atoms with van der Waals surface area (Å²) in [7, 11) is 0. The summed E-state index contributed by atoms with van der Waals surface area (Å²) in [4.78, 5) is 57.5. The Balaban J connectivity index is 1.11. The molecule has 0 saturated carbocycles. The van der Waals surface area contributed by atoms with Gasteiger partial charge in [-0.15, -0.1) is 0 Å². The van der Waals surface area contributed by atoms with Crippen molar-refractivity contribution in [1.29, 1.82) is 0 Å². The zero-order valence-electron chi connectivity index (χ0n) is 33.9. The van der Waals surface area contributed by atoms with Gasteiger partial charge in [0.25, 0.3) is 11.8 Å². The molecular formula is C47H44Cl3N7O5. The minimum absolute atomic E-state index is 0.0221. The van der Waals surface area contributed by atoms with Crippen molar-refractivity contribution < 1.29 is 24.2 Å². The first-order chi connectivity index (χ1) is 30.0. The molecule has 2 atom stereocenters. The Morgan fingerprint density at radius 1 is 0.952 bits per heavy atom. The zero-order chi connectivity index (χ0) is 42.8. The van der Waals surface area contributed by atoms with Crippen molar-refractivity contribution in [3.63, 3.8) is 0 Å². The Morgan fingerprint density at radius 3 is 2.48 bits per heavy atom. The second-order valence-electron chi connectivity index (χ2n) is 16.7. The van der Waals surface area contributed by atoms with Crippen LogP contribution in [-0.4, -0.2) is 99.2 Å². The van der Waals surface area contributed by atoms with Crippen LogP contribution in [0.25, 0.3) is 22.2 Å². The Labute approximate surface area is 373 Å². The molecule has 3 fully saturated rings. The number of hydrogen-bond donors (Lipinski definition) is 3. The number of carbonyl (C=O) groups excluding carboxylic acids is 3. The number of nitrogens with one attached hydrogen (secondary N) is 2. The molecule has 0 spiro atoms. The van der Waals surface area contributed by atoms with Crippen LogP contribution >= 0.6 is 34.8 Å². The molecule has 62 heavy (non-hydrogen) atoms. The topological polar surface area (TPSA) is 134 Å². The largest absolute Gasteiger partial charge is 0.449 e. The molecule has 0 bridgehead atoms. The van der Waals surface area contributed by atoms with Gasteiger partial charge in [0, 0.05) is 82.7 Å². The number of halogens is 3. The van der Waals surface area contributed by atoms with Crippen LogP contribution in [0, 0.1) is 5.92 Å². The molecule has 2 aromatic heterocycles. The lowest BCUT2D eigenvalue weighted by Crippen LogP contribution is -2.53. The summed E-state index contributed by atoms with van der Waals surface area (Å²) in [6, 6.07) is 20.8. The highest BCUT2D eigenvalue weighted by Crippen LogP contribution is 2.54. The van der Waals surface area contributed by atoms with E-state index in [0.717, 1.165) is 46.2 Å². The molecular weight excluding hydrogens is 849 g/mol. The lowest BCUT2D eigenvalue weighted by Gasteiger charge is -2.40. The van der Waals surface area contributed by atoms with Gasteiger partial charge in [0.05, 0.1) is 35.7 Å². The fraction of sp³-hybridized carbons (Fsp3) is 0.319. The summed E-state index contributed by atoms with van der Waals surface area (Å²) < 4.78 is 5.34. The highest BCUT2D eigenvalue weighted by molar-refractivity contribution is 6.35. The monoisotopic (exact) mass is 891 g/mol. The second-order valence-corrected chi connectivity index (χ2v) is 18.0. The number of likely N-dealkylation sites (tertiary alicyclic amines) is 1. The van der Waals surface area contributed by atoms with Crippen LogP contribution < -0.4 is 10.2 Å². The fourth-order valence-electron chi connectivity index (χ4n) is 9.80. The first kappa shape index (κ1) is 40.5. The number of piperidine rings is 1. The molecule has 2 unspecified atom stereocenters. The smallest absolute Gasteiger partial charge is 0.410 e. The van der Waals surface area contributed by atoms with Crippen molar-refractivity contribution in [3.05, 3.63) is 134 Å². The van der Waals surface area contributed by atoms with E-state index in [1.165, 1.54) is 6.20 Å². The molecule has 0 aliphatic carbocycles. The van der Waals surface area contributed by atoms with Crippen molar-refractivity contribution in [3.8, 4) is 0 Å². The highest BCUT2D eigenvalue weighted by atomic mass is 35.5. The molecule has 3 N–H and O–H groups in total. The van der Waals surface area contributed by atoms with Gasteiger partial charge in [0.2, 0.25) is 0 Å². The van der Waals surface area contributed by atoms with Crippen molar-refractivity contribution >= 4 is 86.4 Å². The lowest BCUT2D eigenvalue weighted by atomic mass is 9.82. The van der Waals surface area contributed by atoms with Crippen LogP contribution in [0.1, 0.15) is 81.7 Å². The van der Waals surface area contributed by atoms with E-state index in [2.05, 4.69) is 51.4 Å². The maximum absolute atomic E-state index is 15.3. The molecule has 10 rings (SSSR count). The number of aliphatic hydroxyl groups excluding tert-OH is 1. The SMILES string of the molecule is CC1CC=CN2C(=C1c1ccccc1)c1c(C(=O)Nc3cc(C(=O)N4CC(O)C4)cnc3N3CCC(N4CCCOC4=O)CC3)[nH]c3cc(Cl)cc(c13)C2c1ccc(Cl)cc1Cl. The van der Waals surface area contributed by atoms with Crippen LogP contribution in [0.4, 0.5) is 16.3 Å². The summed E-state index contributed by atoms with van der Waals surface area (Å²) in [5.74, 6) is -0.148. The number of nitrogens with zero attached hydrogens (tertiary/aromatic N) is 5. The van der Waals surface area contributed by atoms with Crippen LogP contribution in [0.5, 0.6) is 0 Å². The zero-order valence-corrected chi connectivity index (χ0v) is 36.2. The molecule has 3 aromatic carbocycles. The standard InChI is InChI=1S/C47H44Cl3N7O5/c1-26-7-5-14-57-42(33-11-10-29(48)21-35(33)50)34-20-30(49)22-36-39(34)40(43(57)38(26)27-8-3-2-4-9-27)41(52-36)45(59)53-37-19-28(46(60)55-24-32(58)25-55)23-51-44(37)54-16-12-31(13-17-54)56-15-6-18-62-47(56)61/h2-5,8-11,14,19-23,26,31-32,42,52,58H,6-7,12-13,15-18,24-25H2,1H3,(H,53,59). The molecule has 5 aliphatic heterocycles. The molecule has 3 amide bonds. The number of anilines is 2. The molecule has 5 aliphatic rings. The number of carbonyl (C=O) groups is 3. The van der Waals surface area contributed by atoms with E-state index in [9.17, 15) is 14.7 Å². The average Bonchev–Trinajstić information content (AvgIpc) is 3.55. The van der Waals surface area contributed by atoms with E-state index in [4.69, 9.17) is 44.5 Å². The third kappa shape index (κ3) is 7.16. The summed E-state index contributed by atoms with van der Waals surface area (Å²) >= 11 is 20.4. The predicted molar refractivity (Wildman–Crippen MR) is 242 cm³/mol. The van der Waals surface area contributed by atoms with E-state index in [-0.39, 0.29) is 37.0 Å². The number of aromatic nitrogens is 2. The van der Waals surface area contributed by atoms with E-state index in [0.29, 0.717) is 88.0 Å². The van der Waals surface area contributed by atoms with Gasteiger partial charge in [-0.2, -0.15) is 0 Å². The van der Waals surface area contributed by atoms with Gasteiger partial charge in [0.1, 0.15) is 5.69 Å². The van der Waals surface area contributed by atoms with E-state index in [1.54, 1.807) is 17.0 Å². The Hall–Kier alpha value is -5.53. The van der Waals surface area contributed by atoms with Crippen LogP contribution in [0.3, 0.4) is 0 Å². The van der Waals surface area contributed by atoms with Crippen LogP contribution in [-0.2, 0) is 4.74 Å². The van der Waals surface area contributed by atoms with E-state index in [1.807, 2.05) is 47.4 Å². The molecule has 5 aromatic rings. The number of hydrogen-bond acceptors (Lipinski definition) is 8. The van der Waals surface area contributed by atoms with Crippen molar-refractivity contribution in [2.45, 2.75) is 50.8 Å². The number of H-pyrrole nitrogens is 1. The van der Waals surface area contributed by atoms with Crippen molar-refractivity contribution in [2.24, 2.45) is 5.92 Å². The maximum Gasteiger partial charge on any atom is 0.410 e. The average molecular weight is 893 g/mol.